The van der Waals surface area contributed by atoms with Crippen LogP contribution in [-0.4, -0.2) is 18.1 Å². The topological polar surface area (TPSA) is 38.5 Å². The van der Waals surface area contributed by atoms with Crippen molar-refractivity contribution >= 4 is 5.69 Å². The molecule has 1 unspecified atom stereocenters. The highest BCUT2D eigenvalue weighted by Crippen LogP contribution is 2.32. The molecule has 0 radical (unpaired) electrons. The van der Waals surface area contributed by atoms with Gasteiger partial charge in [0, 0.05) is 17.3 Å². The number of aromatic nitrogens is 1. The van der Waals surface area contributed by atoms with Crippen molar-refractivity contribution in [2.24, 2.45) is 0 Å². The van der Waals surface area contributed by atoms with Crippen molar-refractivity contribution in [1.29, 1.82) is 0 Å². The minimum absolute atomic E-state index is 0.496. The Hall–Kier alpha value is -2.75. The Balaban J connectivity index is 1.56. The van der Waals surface area contributed by atoms with Gasteiger partial charge in [-0.15, -0.1) is 0 Å². The minimum Gasteiger partial charge on any atom is -0.497 e. The molecule has 0 spiro atoms. The van der Waals surface area contributed by atoms with Crippen LogP contribution in [0.4, 0.5) is 5.69 Å². The first kappa shape index (κ1) is 15.8. The molecule has 0 aliphatic carbocycles. The molecular weight excluding hydrogens is 312 g/mol. The molecule has 1 atom stereocenters. The summed E-state index contributed by atoms with van der Waals surface area (Å²) in [7, 11) is 1.66. The van der Waals surface area contributed by atoms with Crippen LogP contribution in [0.2, 0.25) is 0 Å². The standard InChI is InChI=1S/C21H22N2O2/c1-15-7-8-16-5-3-4-6-20(16)23(15)13-18-14-25-21(22-18)17-9-11-19(24-2)12-10-17/h3-6,9-12,14-15H,7-8,13H2,1-2H3. The summed E-state index contributed by atoms with van der Waals surface area (Å²) in [5.41, 5.74) is 4.64. The number of hydrogen-bond acceptors (Lipinski definition) is 4. The summed E-state index contributed by atoms with van der Waals surface area (Å²) in [5, 5.41) is 0. The van der Waals surface area contributed by atoms with E-state index in [1.54, 1.807) is 13.4 Å². The lowest BCUT2D eigenvalue weighted by Crippen LogP contribution is -2.36. The summed E-state index contributed by atoms with van der Waals surface area (Å²) >= 11 is 0. The zero-order valence-corrected chi connectivity index (χ0v) is 14.6. The van der Waals surface area contributed by atoms with E-state index in [9.17, 15) is 0 Å². The number of rotatable bonds is 4. The first-order valence-corrected chi connectivity index (χ1v) is 8.68. The summed E-state index contributed by atoms with van der Waals surface area (Å²) in [5.74, 6) is 1.48. The van der Waals surface area contributed by atoms with Gasteiger partial charge in [0.05, 0.1) is 19.3 Å². The summed E-state index contributed by atoms with van der Waals surface area (Å²) in [6, 6.07) is 16.9. The van der Waals surface area contributed by atoms with E-state index in [4.69, 9.17) is 9.15 Å². The number of ether oxygens (including phenoxy) is 1. The highest BCUT2D eigenvalue weighted by atomic mass is 16.5. The summed E-state index contributed by atoms with van der Waals surface area (Å²) in [4.78, 5) is 7.11. The number of oxazole rings is 1. The van der Waals surface area contributed by atoms with Gasteiger partial charge in [0.1, 0.15) is 12.0 Å². The number of methoxy groups -OCH3 is 1. The van der Waals surface area contributed by atoms with E-state index in [-0.39, 0.29) is 0 Å². The summed E-state index contributed by atoms with van der Waals surface area (Å²) in [6.07, 6.45) is 4.08. The van der Waals surface area contributed by atoms with Crippen LogP contribution in [0.5, 0.6) is 5.75 Å². The molecule has 1 aliphatic rings. The summed E-state index contributed by atoms with van der Waals surface area (Å²) < 4.78 is 10.9. The van der Waals surface area contributed by atoms with Gasteiger partial charge < -0.3 is 14.1 Å². The molecule has 2 heterocycles. The van der Waals surface area contributed by atoms with Crippen LogP contribution < -0.4 is 9.64 Å². The van der Waals surface area contributed by atoms with E-state index in [0.29, 0.717) is 11.9 Å². The second-order valence-corrected chi connectivity index (χ2v) is 6.52. The van der Waals surface area contributed by atoms with Gasteiger partial charge >= 0.3 is 0 Å². The van der Waals surface area contributed by atoms with Crippen LogP contribution in [0, 0.1) is 0 Å². The van der Waals surface area contributed by atoms with Gasteiger partial charge in [0.25, 0.3) is 0 Å². The molecule has 0 saturated heterocycles. The van der Waals surface area contributed by atoms with Crippen molar-refractivity contribution in [2.45, 2.75) is 32.4 Å². The van der Waals surface area contributed by atoms with Crippen LogP contribution in [-0.2, 0) is 13.0 Å². The molecule has 1 aliphatic heterocycles. The maximum Gasteiger partial charge on any atom is 0.226 e. The number of benzene rings is 2. The van der Waals surface area contributed by atoms with Gasteiger partial charge in [0.2, 0.25) is 5.89 Å². The van der Waals surface area contributed by atoms with Gasteiger partial charge in [-0.1, -0.05) is 18.2 Å². The normalized spacial score (nSPS) is 16.6. The predicted molar refractivity (Wildman–Crippen MR) is 98.9 cm³/mol. The average molecular weight is 334 g/mol. The van der Waals surface area contributed by atoms with Crippen molar-refractivity contribution < 1.29 is 9.15 Å². The van der Waals surface area contributed by atoms with Gasteiger partial charge in [-0.05, 0) is 55.7 Å². The SMILES string of the molecule is COc1ccc(-c2nc(CN3c4ccccc4CCC3C)co2)cc1. The molecule has 128 valence electrons. The van der Waals surface area contributed by atoms with Gasteiger partial charge in [0.15, 0.2) is 0 Å². The lowest BCUT2D eigenvalue weighted by Gasteiger charge is -2.36. The van der Waals surface area contributed by atoms with Crippen molar-refractivity contribution in [3.8, 4) is 17.2 Å². The Morgan fingerprint density at radius 1 is 1.16 bits per heavy atom. The smallest absolute Gasteiger partial charge is 0.226 e. The number of hydrogen-bond donors (Lipinski definition) is 0. The Morgan fingerprint density at radius 2 is 1.96 bits per heavy atom. The molecule has 1 aromatic heterocycles. The van der Waals surface area contributed by atoms with Crippen LogP contribution in [0.1, 0.15) is 24.6 Å². The van der Waals surface area contributed by atoms with E-state index in [1.165, 1.54) is 17.7 Å². The zero-order chi connectivity index (χ0) is 17.2. The number of fused-ring (bicyclic) bond motifs is 1. The molecule has 0 fully saturated rings. The van der Waals surface area contributed by atoms with Crippen molar-refractivity contribution in [3.63, 3.8) is 0 Å². The van der Waals surface area contributed by atoms with Crippen LogP contribution in [0.15, 0.2) is 59.2 Å². The highest BCUT2D eigenvalue weighted by Gasteiger charge is 2.23. The third-order valence-electron chi connectivity index (χ3n) is 4.89. The fourth-order valence-electron chi connectivity index (χ4n) is 3.42. The molecule has 4 rings (SSSR count). The molecule has 0 bridgehead atoms. The van der Waals surface area contributed by atoms with E-state index >= 15 is 0 Å². The second-order valence-electron chi connectivity index (χ2n) is 6.52. The maximum atomic E-state index is 5.71. The third-order valence-corrected chi connectivity index (χ3v) is 4.89. The molecule has 25 heavy (non-hydrogen) atoms. The van der Waals surface area contributed by atoms with E-state index in [0.717, 1.165) is 30.0 Å². The number of para-hydroxylation sites is 1. The van der Waals surface area contributed by atoms with Gasteiger partial charge in [-0.25, -0.2) is 4.98 Å². The number of aryl methyl sites for hydroxylation is 1. The van der Waals surface area contributed by atoms with Crippen LogP contribution in [0.3, 0.4) is 0 Å². The van der Waals surface area contributed by atoms with E-state index < -0.39 is 0 Å². The van der Waals surface area contributed by atoms with Crippen LogP contribution >= 0.6 is 0 Å². The predicted octanol–water partition coefficient (Wildman–Crippen LogP) is 4.69. The van der Waals surface area contributed by atoms with Crippen molar-refractivity contribution in [3.05, 3.63) is 66.1 Å². The monoisotopic (exact) mass is 334 g/mol. The fourth-order valence-corrected chi connectivity index (χ4v) is 3.42. The first-order valence-electron chi connectivity index (χ1n) is 8.68. The molecule has 0 N–H and O–H groups in total. The molecule has 2 aromatic carbocycles. The van der Waals surface area contributed by atoms with Crippen molar-refractivity contribution in [2.75, 3.05) is 12.0 Å². The first-order chi connectivity index (χ1) is 12.2. The Bertz CT molecular complexity index is 854. The van der Waals surface area contributed by atoms with Gasteiger partial charge in [-0.2, -0.15) is 0 Å². The second kappa shape index (κ2) is 6.63. The zero-order valence-electron chi connectivity index (χ0n) is 14.6. The molecule has 4 nitrogen and oxygen atoms in total. The van der Waals surface area contributed by atoms with Crippen LogP contribution in [0.25, 0.3) is 11.5 Å². The summed E-state index contributed by atoms with van der Waals surface area (Å²) in [6.45, 7) is 3.04. The number of anilines is 1. The van der Waals surface area contributed by atoms with E-state index in [2.05, 4.69) is 41.1 Å². The lowest BCUT2D eigenvalue weighted by atomic mass is 9.96. The number of nitrogens with zero attached hydrogens (tertiary/aromatic N) is 2. The molecule has 4 heteroatoms. The Morgan fingerprint density at radius 3 is 2.76 bits per heavy atom. The Kier molecular flexibility index (Phi) is 4.18. The lowest BCUT2D eigenvalue weighted by molar-refractivity contribution is 0.415. The highest BCUT2D eigenvalue weighted by molar-refractivity contribution is 5.57. The molecular formula is C21H22N2O2. The molecule has 3 aromatic rings. The third kappa shape index (κ3) is 3.12. The van der Waals surface area contributed by atoms with E-state index in [1.807, 2.05) is 24.3 Å². The van der Waals surface area contributed by atoms with Crippen molar-refractivity contribution in [1.82, 2.24) is 4.98 Å². The molecule has 0 saturated carbocycles. The largest absolute Gasteiger partial charge is 0.497 e. The molecule has 0 amide bonds. The Labute approximate surface area is 148 Å². The maximum absolute atomic E-state index is 5.71. The minimum atomic E-state index is 0.496. The van der Waals surface area contributed by atoms with Gasteiger partial charge in [-0.3, -0.25) is 0 Å². The fraction of sp³-hybridized carbons (Fsp3) is 0.286. The quantitative estimate of drug-likeness (QED) is 0.694. The average Bonchev–Trinajstić information content (AvgIpc) is 3.13.